The minimum Gasteiger partial charge on any atom is -0.383 e. The highest BCUT2D eigenvalue weighted by atomic mass is 16.2. The van der Waals surface area contributed by atoms with Crippen molar-refractivity contribution in [3.8, 4) is 5.69 Å². The van der Waals surface area contributed by atoms with E-state index in [0.29, 0.717) is 22.4 Å². The molecule has 34 heavy (non-hydrogen) atoms. The van der Waals surface area contributed by atoms with E-state index >= 15 is 0 Å². The summed E-state index contributed by atoms with van der Waals surface area (Å²) in [5, 5.41) is 7.33. The number of nitrogens with one attached hydrogen (secondary N) is 1. The van der Waals surface area contributed by atoms with Gasteiger partial charge in [0.2, 0.25) is 0 Å². The molecule has 0 spiro atoms. The van der Waals surface area contributed by atoms with Crippen LogP contribution in [0, 0.1) is 6.92 Å². The molecule has 1 aliphatic heterocycles. The van der Waals surface area contributed by atoms with Crippen LogP contribution in [-0.2, 0) is 0 Å². The molecule has 2 aromatic carbocycles. The lowest BCUT2D eigenvalue weighted by Crippen LogP contribution is -2.27. The first-order valence-electron chi connectivity index (χ1n) is 11.6. The zero-order chi connectivity index (χ0) is 23.8. The normalized spacial score (nSPS) is 15.4. The smallest absolute Gasteiger partial charge is 0.253 e. The first-order chi connectivity index (χ1) is 16.4. The number of nitrogens with two attached hydrogens (primary N) is 1. The fraction of sp³-hybridized carbons (Fsp3) is 0.308. The van der Waals surface area contributed by atoms with Gasteiger partial charge in [0.05, 0.1) is 17.4 Å². The van der Waals surface area contributed by atoms with Crippen LogP contribution in [0.1, 0.15) is 67.9 Å². The number of benzene rings is 2. The summed E-state index contributed by atoms with van der Waals surface area (Å²) >= 11 is 0. The van der Waals surface area contributed by atoms with Crippen LogP contribution in [0.25, 0.3) is 5.69 Å². The lowest BCUT2D eigenvalue weighted by molar-refractivity contribution is 0.0792. The molecule has 0 unspecified atom stereocenters. The summed E-state index contributed by atoms with van der Waals surface area (Å²) in [4.78, 5) is 40.3. The van der Waals surface area contributed by atoms with Crippen molar-refractivity contribution in [2.75, 3.05) is 18.8 Å². The maximum absolute atomic E-state index is 13.3. The van der Waals surface area contributed by atoms with Gasteiger partial charge in [-0.3, -0.25) is 14.4 Å². The molecule has 8 nitrogen and oxygen atoms in total. The maximum Gasteiger partial charge on any atom is 0.253 e. The van der Waals surface area contributed by atoms with Gasteiger partial charge in [-0.05, 0) is 62.4 Å². The van der Waals surface area contributed by atoms with E-state index in [1.54, 1.807) is 36.4 Å². The first-order valence-corrected chi connectivity index (χ1v) is 11.6. The standard InChI is InChI=1S/C26H27N5O3/c1-16-7-8-18(25(33)29-20-9-10-20)14-22(16)31-24(27)21(15-28-31)23(32)17-5-4-6-19(13-17)26(34)30-11-2-3-12-30/h4-8,13-15,20H,2-3,9-12,27H2,1H3,(H,29,33). The summed E-state index contributed by atoms with van der Waals surface area (Å²) in [5.74, 6) is -0.317. The van der Waals surface area contributed by atoms with E-state index in [9.17, 15) is 14.4 Å². The van der Waals surface area contributed by atoms with Gasteiger partial charge in [-0.1, -0.05) is 18.2 Å². The van der Waals surface area contributed by atoms with Crippen LogP contribution in [0.5, 0.6) is 0 Å². The predicted octanol–water partition coefficient (Wildman–Crippen LogP) is 3.12. The van der Waals surface area contributed by atoms with Crippen molar-refractivity contribution < 1.29 is 14.4 Å². The molecule has 1 aromatic heterocycles. The Morgan fingerprint density at radius 3 is 2.47 bits per heavy atom. The van der Waals surface area contributed by atoms with Crippen LogP contribution >= 0.6 is 0 Å². The second kappa shape index (κ2) is 8.78. The van der Waals surface area contributed by atoms with E-state index in [1.807, 2.05) is 17.9 Å². The lowest BCUT2D eigenvalue weighted by Gasteiger charge is -2.15. The average molecular weight is 458 g/mol. The van der Waals surface area contributed by atoms with Crippen molar-refractivity contribution in [1.29, 1.82) is 0 Å². The number of anilines is 1. The Hall–Kier alpha value is -3.94. The zero-order valence-corrected chi connectivity index (χ0v) is 19.1. The third-order valence-corrected chi connectivity index (χ3v) is 6.43. The molecule has 3 aromatic rings. The molecule has 0 bridgehead atoms. The van der Waals surface area contributed by atoms with Crippen LogP contribution in [-0.4, -0.2) is 51.4 Å². The fourth-order valence-corrected chi connectivity index (χ4v) is 4.25. The van der Waals surface area contributed by atoms with Gasteiger partial charge in [-0.25, -0.2) is 4.68 Å². The number of likely N-dealkylation sites (tertiary alicyclic amines) is 1. The van der Waals surface area contributed by atoms with Crippen LogP contribution in [0.15, 0.2) is 48.7 Å². The SMILES string of the molecule is Cc1ccc(C(=O)NC2CC2)cc1-n1ncc(C(=O)c2cccc(C(=O)N3CCCC3)c2)c1N. The number of carbonyl (C=O) groups is 3. The molecule has 174 valence electrons. The number of ketones is 1. The number of hydrogen-bond donors (Lipinski definition) is 2. The minimum atomic E-state index is -0.305. The Bertz CT molecular complexity index is 1290. The van der Waals surface area contributed by atoms with E-state index in [4.69, 9.17) is 5.73 Å². The van der Waals surface area contributed by atoms with E-state index in [-0.39, 0.29) is 35.0 Å². The van der Waals surface area contributed by atoms with Gasteiger partial charge in [-0.15, -0.1) is 0 Å². The van der Waals surface area contributed by atoms with Crippen molar-refractivity contribution in [3.63, 3.8) is 0 Å². The Kier molecular flexibility index (Phi) is 5.65. The van der Waals surface area contributed by atoms with Gasteiger partial charge in [0.25, 0.3) is 11.8 Å². The zero-order valence-electron chi connectivity index (χ0n) is 19.1. The van der Waals surface area contributed by atoms with E-state index in [0.717, 1.165) is 44.3 Å². The Labute approximate surface area is 197 Å². The van der Waals surface area contributed by atoms with Crippen molar-refractivity contribution in [3.05, 3.63) is 76.5 Å². The molecule has 2 aliphatic rings. The Morgan fingerprint density at radius 2 is 1.74 bits per heavy atom. The van der Waals surface area contributed by atoms with Gasteiger partial charge in [-0.2, -0.15) is 5.10 Å². The third kappa shape index (κ3) is 4.19. The number of aromatic nitrogens is 2. The largest absolute Gasteiger partial charge is 0.383 e. The van der Waals surface area contributed by atoms with E-state index < -0.39 is 0 Å². The predicted molar refractivity (Wildman–Crippen MR) is 128 cm³/mol. The molecular formula is C26H27N5O3. The molecule has 1 saturated carbocycles. The van der Waals surface area contributed by atoms with Gasteiger partial charge in [0, 0.05) is 35.8 Å². The van der Waals surface area contributed by atoms with Crippen LogP contribution in [0.3, 0.4) is 0 Å². The van der Waals surface area contributed by atoms with Gasteiger partial charge in [0.1, 0.15) is 5.82 Å². The molecule has 0 radical (unpaired) electrons. The van der Waals surface area contributed by atoms with Crippen molar-refractivity contribution in [2.45, 2.75) is 38.6 Å². The third-order valence-electron chi connectivity index (χ3n) is 6.43. The topological polar surface area (TPSA) is 110 Å². The molecule has 5 rings (SSSR count). The number of nitrogen functional groups attached to an aromatic ring is 1. The maximum atomic E-state index is 13.3. The lowest BCUT2D eigenvalue weighted by atomic mass is 10.0. The number of rotatable bonds is 6. The van der Waals surface area contributed by atoms with Crippen LogP contribution in [0.4, 0.5) is 5.82 Å². The van der Waals surface area contributed by atoms with Crippen molar-refractivity contribution in [2.24, 2.45) is 0 Å². The highest BCUT2D eigenvalue weighted by Gasteiger charge is 2.25. The van der Waals surface area contributed by atoms with Crippen LogP contribution in [0.2, 0.25) is 0 Å². The summed E-state index contributed by atoms with van der Waals surface area (Å²) in [7, 11) is 0. The van der Waals surface area contributed by atoms with Gasteiger partial charge < -0.3 is 16.0 Å². The van der Waals surface area contributed by atoms with Gasteiger partial charge >= 0.3 is 0 Å². The summed E-state index contributed by atoms with van der Waals surface area (Å²) in [6.07, 6.45) is 5.45. The second-order valence-electron chi connectivity index (χ2n) is 9.01. The molecule has 0 atom stereocenters. The number of carbonyl (C=O) groups excluding carboxylic acids is 3. The quantitative estimate of drug-likeness (QED) is 0.553. The first kappa shape index (κ1) is 21.9. The molecule has 2 heterocycles. The number of hydrogen-bond acceptors (Lipinski definition) is 5. The molecule has 8 heteroatoms. The monoisotopic (exact) mass is 457 g/mol. The number of amides is 2. The number of aryl methyl sites for hydroxylation is 1. The van der Waals surface area contributed by atoms with Crippen molar-refractivity contribution in [1.82, 2.24) is 20.0 Å². The Balaban J connectivity index is 1.42. The molecule has 2 fully saturated rings. The highest BCUT2D eigenvalue weighted by molar-refractivity contribution is 6.12. The van der Waals surface area contributed by atoms with E-state index in [1.165, 1.54) is 10.9 Å². The summed E-state index contributed by atoms with van der Waals surface area (Å²) in [5.41, 5.74) is 9.50. The number of nitrogens with zero attached hydrogens (tertiary/aromatic N) is 3. The molecule has 1 aliphatic carbocycles. The Morgan fingerprint density at radius 1 is 1.00 bits per heavy atom. The highest BCUT2D eigenvalue weighted by Crippen LogP contribution is 2.25. The molecule has 2 amide bonds. The molecular weight excluding hydrogens is 430 g/mol. The minimum absolute atomic E-state index is 0.0623. The van der Waals surface area contributed by atoms with E-state index in [2.05, 4.69) is 10.4 Å². The summed E-state index contributed by atoms with van der Waals surface area (Å²) in [6.45, 7) is 3.38. The summed E-state index contributed by atoms with van der Waals surface area (Å²) in [6, 6.07) is 12.3. The second-order valence-corrected chi connectivity index (χ2v) is 9.01. The van der Waals surface area contributed by atoms with Crippen LogP contribution < -0.4 is 11.1 Å². The average Bonchev–Trinajstić information content (AvgIpc) is 3.33. The molecule has 1 saturated heterocycles. The summed E-state index contributed by atoms with van der Waals surface area (Å²) < 4.78 is 1.48. The fourth-order valence-electron chi connectivity index (χ4n) is 4.25. The van der Waals surface area contributed by atoms with Crippen molar-refractivity contribution >= 4 is 23.4 Å². The molecule has 3 N–H and O–H groups in total. The van der Waals surface area contributed by atoms with Gasteiger partial charge in [0.15, 0.2) is 5.78 Å².